The molecule has 0 heterocycles. The van der Waals surface area contributed by atoms with Crippen LogP contribution >= 0.6 is 7.82 Å². The second kappa shape index (κ2) is 10.2. The number of hydrogen-bond acceptors (Lipinski definition) is 5. The average molecular weight is 449 g/mol. The van der Waals surface area contributed by atoms with Crippen molar-refractivity contribution in [3.05, 3.63) is 59.7 Å². The van der Waals surface area contributed by atoms with Crippen molar-refractivity contribution in [3.63, 3.8) is 0 Å². The molecule has 1 aliphatic rings. The summed E-state index contributed by atoms with van der Waals surface area (Å²) in [5.74, 6) is 1.85. The maximum atomic E-state index is 11.0. The lowest BCUT2D eigenvalue weighted by atomic mass is 9.92. The summed E-state index contributed by atoms with van der Waals surface area (Å²) in [5, 5.41) is 0. The van der Waals surface area contributed by atoms with Crippen LogP contribution in [0.15, 0.2) is 48.5 Å². The van der Waals surface area contributed by atoms with Gasteiger partial charge in [0.1, 0.15) is 11.5 Å². The Morgan fingerprint density at radius 3 is 2.58 bits per heavy atom. The SMILES string of the molecule is COc1cccc(O[C@@H](C)CCc2ccc([C@@H]3CC[C@](N)(COP(=O)(O)O)C3)cc2)c1. The van der Waals surface area contributed by atoms with Crippen LogP contribution in [0.2, 0.25) is 0 Å². The highest BCUT2D eigenvalue weighted by Gasteiger charge is 2.38. The molecule has 0 unspecified atom stereocenters. The molecule has 8 heteroatoms. The van der Waals surface area contributed by atoms with E-state index in [-0.39, 0.29) is 18.6 Å². The van der Waals surface area contributed by atoms with Crippen LogP contribution in [0.5, 0.6) is 11.5 Å². The minimum Gasteiger partial charge on any atom is -0.497 e. The molecule has 4 N–H and O–H groups in total. The number of benzene rings is 2. The van der Waals surface area contributed by atoms with Crippen molar-refractivity contribution in [3.8, 4) is 11.5 Å². The first-order valence-corrected chi connectivity index (χ1v) is 12.1. The third kappa shape index (κ3) is 7.34. The van der Waals surface area contributed by atoms with Crippen LogP contribution in [0.3, 0.4) is 0 Å². The number of hydrogen-bond donors (Lipinski definition) is 3. The minimum absolute atomic E-state index is 0.0773. The third-order valence-corrected chi connectivity index (χ3v) is 6.30. The summed E-state index contributed by atoms with van der Waals surface area (Å²) in [6.07, 6.45) is 4.09. The van der Waals surface area contributed by atoms with Crippen molar-refractivity contribution >= 4 is 7.82 Å². The zero-order valence-electron chi connectivity index (χ0n) is 18.1. The smallest absolute Gasteiger partial charge is 0.469 e. The highest BCUT2D eigenvalue weighted by atomic mass is 31.2. The lowest BCUT2D eigenvalue weighted by Gasteiger charge is -2.24. The van der Waals surface area contributed by atoms with Crippen LogP contribution in [-0.2, 0) is 15.5 Å². The van der Waals surface area contributed by atoms with Crippen LogP contribution in [0.25, 0.3) is 0 Å². The lowest BCUT2D eigenvalue weighted by molar-refractivity contribution is 0.153. The third-order valence-electron chi connectivity index (χ3n) is 5.83. The number of ether oxygens (including phenoxy) is 2. The molecule has 0 bridgehead atoms. The zero-order chi connectivity index (χ0) is 22.5. The molecular weight excluding hydrogens is 417 g/mol. The summed E-state index contributed by atoms with van der Waals surface area (Å²) >= 11 is 0. The normalized spacial score (nSPS) is 22.3. The highest BCUT2D eigenvalue weighted by Crippen LogP contribution is 2.43. The lowest BCUT2D eigenvalue weighted by Crippen LogP contribution is -2.41. The molecular formula is C23H32NO6P. The van der Waals surface area contributed by atoms with Crippen molar-refractivity contribution in [1.82, 2.24) is 0 Å². The van der Waals surface area contributed by atoms with E-state index in [0.29, 0.717) is 12.8 Å². The second-order valence-corrected chi connectivity index (χ2v) is 9.69. The number of nitrogens with two attached hydrogens (primary N) is 1. The van der Waals surface area contributed by atoms with Crippen LogP contribution in [-0.4, -0.2) is 35.1 Å². The molecule has 3 rings (SSSR count). The first kappa shape index (κ1) is 23.8. The number of aryl methyl sites for hydroxylation is 1. The molecule has 7 nitrogen and oxygen atoms in total. The number of rotatable bonds is 10. The van der Waals surface area contributed by atoms with Crippen LogP contribution in [0, 0.1) is 0 Å². The van der Waals surface area contributed by atoms with Gasteiger partial charge in [-0.05, 0) is 68.2 Å². The van der Waals surface area contributed by atoms with E-state index >= 15 is 0 Å². The summed E-state index contributed by atoms with van der Waals surface area (Å²) < 4.78 is 26.8. The monoisotopic (exact) mass is 449 g/mol. The van der Waals surface area contributed by atoms with Crippen LogP contribution in [0.4, 0.5) is 0 Å². The topological polar surface area (TPSA) is 111 Å². The van der Waals surface area contributed by atoms with Gasteiger partial charge in [-0.15, -0.1) is 0 Å². The van der Waals surface area contributed by atoms with E-state index in [1.54, 1.807) is 7.11 Å². The van der Waals surface area contributed by atoms with Crippen molar-refractivity contribution in [2.45, 2.75) is 56.6 Å². The minimum atomic E-state index is -4.50. The average Bonchev–Trinajstić information content (AvgIpc) is 3.13. The van der Waals surface area contributed by atoms with E-state index in [9.17, 15) is 4.57 Å². The van der Waals surface area contributed by atoms with Gasteiger partial charge in [-0.3, -0.25) is 4.52 Å². The summed E-state index contributed by atoms with van der Waals surface area (Å²) in [4.78, 5) is 17.8. The van der Waals surface area contributed by atoms with Gasteiger partial charge in [0.05, 0.1) is 19.8 Å². The molecule has 1 fully saturated rings. The van der Waals surface area contributed by atoms with Gasteiger partial charge in [-0.2, -0.15) is 0 Å². The van der Waals surface area contributed by atoms with E-state index < -0.39 is 13.4 Å². The van der Waals surface area contributed by atoms with Crippen molar-refractivity contribution < 1.29 is 28.3 Å². The predicted octanol–water partition coefficient (Wildman–Crippen LogP) is 4.17. The Bertz CT molecular complexity index is 899. The first-order chi connectivity index (χ1) is 14.7. The van der Waals surface area contributed by atoms with Crippen molar-refractivity contribution in [2.75, 3.05) is 13.7 Å². The molecule has 3 atom stereocenters. The Kier molecular flexibility index (Phi) is 7.78. The van der Waals surface area contributed by atoms with Gasteiger partial charge in [-0.1, -0.05) is 30.3 Å². The van der Waals surface area contributed by atoms with E-state index in [1.165, 1.54) is 11.1 Å². The quantitative estimate of drug-likeness (QED) is 0.467. The fraction of sp³-hybridized carbons (Fsp3) is 0.478. The van der Waals surface area contributed by atoms with Gasteiger partial charge in [0.2, 0.25) is 0 Å². The molecule has 1 aliphatic carbocycles. The highest BCUT2D eigenvalue weighted by molar-refractivity contribution is 7.46. The molecule has 0 aromatic heterocycles. The summed E-state index contributed by atoms with van der Waals surface area (Å²) in [6.45, 7) is 1.93. The zero-order valence-corrected chi connectivity index (χ0v) is 19.0. The number of phosphoric ester groups is 1. The largest absolute Gasteiger partial charge is 0.497 e. The molecule has 2 aromatic rings. The van der Waals surface area contributed by atoms with E-state index in [0.717, 1.165) is 30.8 Å². The van der Waals surface area contributed by atoms with Crippen LogP contribution < -0.4 is 15.2 Å². The molecule has 0 aliphatic heterocycles. The molecule has 0 spiro atoms. The maximum Gasteiger partial charge on any atom is 0.469 e. The van der Waals surface area contributed by atoms with Gasteiger partial charge in [0.15, 0.2) is 0 Å². The Labute approximate surface area is 183 Å². The first-order valence-electron chi connectivity index (χ1n) is 10.5. The summed E-state index contributed by atoms with van der Waals surface area (Å²) in [7, 11) is -2.86. The molecule has 2 aromatic carbocycles. The molecule has 0 amide bonds. The van der Waals surface area contributed by atoms with Gasteiger partial charge in [0, 0.05) is 11.6 Å². The summed E-state index contributed by atoms with van der Waals surface area (Å²) in [6, 6.07) is 16.1. The molecule has 1 saturated carbocycles. The second-order valence-electron chi connectivity index (χ2n) is 8.45. The number of phosphoric acid groups is 1. The Morgan fingerprint density at radius 1 is 1.19 bits per heavy atom. The van der Waals surface area contributed by atoms with E-state index in [2.05, 4.69) is 35.7 Å². The van der Waals surface area contributed by atoms with Gasteiger partial charge < -0.3 is 25.0 Å². The van der Waals surface area contributed by atoms with E-state index in [4.69, 9.17) is 25.0 Å². The fourth-order valence-corrected chi connectivity index (χ4v) is 4.50. The maximum absolute atomic E-state index is 11.0. The predicted molar refractivity (Wildman–Crippen MR) is 119 cm³/mol. The van der Waals surface area contributed by atoms with Gasteiger partial charge >= 0.3 is 7.82 Å². The van der Waals surface area contributed by atoms with Crippen molar-refractivity contribution in [1.29, 1.82) is 0 Å². The molecule has 170 valence electrons. The Hall–Kier alpha value is -1.89. The Morgan fingerprint density at radius 2 is 1.90 bits per heavy atom. The Balaban J connectivity index is 1.48. The van der Waals surface area contributed by atoms with E-state index in [1.807, 2.05) is 24.3 Å². The van der Waals surface area contributed by atoms with Crippen molar-refractivity contribution in [2.24, 2.45) is 5.73 Å². The van der Waals surface area contributed by atoms with Gasteiger partial charge in [-0.25, -0.2) is 4.57 Å². The fourth-order valence-electron chi connectivity index (χ4n) is 4.08. The molecule has 0 radical (unpaired) electrons. The summed E-state index contributed by atoms with van der Waals surface area (Å²) in [5.41, 5.74) is 8.04. The molecule has 31 heavy (non-hydrogen) atoms. The standard InChI is InChI=1S/C23H32NO6P/c1-17(30-22-5-3-4-21(14-22)28-2)6-7-18-8-10-19(11-9-18)20-12-13-23(24,15-20)16-29-31(25,26)27/h3-5,8-11,14,17,20H,6-7,12-13,15-16,24H2,1-2H3,(H2,25,26,27)/t17-,20+,23+/m0/s1. The van der Waals surface area contributed by atoms with Crippen LogP contribution in [0.1, 0.15) is 49.7 Å². The molecule has 0 saturated heterocycles. The number of methoxy groups -OCH3 is 1. The van der Waals surface area contributed by atoms with Gasteiger partial charge in [0.25, 0.3) is 0 Å².